The summed E-state index contributed by atoms with van der Waals surface area (Å²) in [5.41, 5.74) is 1.29. The van der Waals surface area contributed by atoms with E-state index in [1.54, 1.807) is 52.1 Å². The highest BCUT2D eigenvalue weighted by Gasteiger charge is 2.47. The van der Waals surface area contributed by atoms with Crippen LogP contribution in [-0.4, -0.2) is 67.0 Å². The predicted molar refractivity (Wildman–Crippen MR) is 139 cm³/mol. The molecule has 3 rings (SSSR count). The molecule has 38 heavy (non-hydrogen) atoms. The fourth-order valence-electron chi connectivity index (χ4n) is 4.41. The molecule has 1 aliphatic rings. The van der Waals surface area contributed by atoms with Crippen molar-refractivity contribution in [3.8, 4) is 0 Å². The number of methoxy groups -OCH3 is 1. The number of rotatable bonds is 6. The molecule has 2 amide bonds. The summed E-state index contributed by atoms with van der Waals surface area (Å²) in [5, 5.41) is 9.95. The predicted octanol–water partition coefficient (Wildman–Crippen LogP) is 4.28. The molecule has 0 aromatic heterocycles. The first-order chi connectivity index (χ1) is 17.9. The molecule has 1 N–H and O–H groups in total. The van der Waals surface area contributed by atoms with E-state index in [1.807, 2.05) is 30.3 Å². The molecule has 1 aliphatic heterocycles. The van der Waals surface area contributed by atoms with Crippen molar-refractivity contribution in [2.45, 2.75) is 38.9 Å². The molecule has 1 saturated heterocycles. The lowest BCUT2D eigenvalue weighted by atomic mass is 9.74. The molecule has 3 atom stereocenters. The molecule has 10 nitrogen and oxygen atoms in total. The fraction of sp³-hybridized carbons (Fsp3) is 0.429. The molecular formula is C28H34N2O8. The van der Waals surface area contributed by atoms with Gasteiger partial charge in [0.25, 0.3) is 0 Å². The van der Waals surface area contributed by atoms with Crippen molar-refractivity contribution in [2.75, 3.05) is 32.1 Å². The van der Waals surface area contributed by atoms with Gasteiger partial charge in [0.1, 0.15) is 12.2 Å². The van der Waals surface area contributed by atoms with Crippen molar-refractivity contribution < 1.29 is 38.5 Å². The van der Waals surface area contributed by atoms with Crippen LogP contribution in [0.5, 0.6) is 0 Å². The molecule has 0 bridgehead atoms. The lowest BCUT2D eigenvalue weighted by molar-refractivity contribution is -0.160. The number of nitrogens with zero attached hydrogens (tertiary/aromatic N) is 2. The Bertz CT molecular complexity index is 1140. The minimum Gasteiger partial charge on any atom is -0.481 e. The summed E-state index contributed by atoms with van der Waals surface area (Å²) in [5.74, 6) is -4.79. The number of carboxylic acid groups (broad SMARTS) is 1. The number of piperidine rings is 1. The summed E-state index contributed by atoms with van der Waals surface area (Å²) < 4.78 is 15.8. The number of anilines is 1. The summed E-state index contributed by atoms with van der Waals surface area (Å²) >= 11 is 0. The van der Waals surface area contributed by atoms with Crippen molar-refractivity contribution in [1.82, 2.24) is 4.90 Å². The second-order valence-corrected chi connectivity index (χ2v) is 10.2. The molecule has 2 aromatic carbocycles. The number of hydrogen-bond donors (Lipinski definition) is 1. The number of aliphatic carboxylic acids is 1. The van der Waals surface area contributed by atoms with Gasteiger partial charge in [-0.2, -0.15) is 0 Å². The van der Waals surface area contributed by atoms with E-state index in [1.165, 1.54) is 16.9 Å². The number of amides is 2. The number of esters is 1. The van der Waals surface area contributed by atoms with Crippen LogP contribution in [0.4, 0.5) is 15.3 Å². The van der Waals surface area contributed by atoms with E-state index in [4.69, 9.17) is 14.2 Å². The van der Waals surface area contributed by atoms with Gasteiger partial charge in [0.15, 0.2) is 0 Å². The molecule has 0 unspecified atom stereocenters. The zero-order chi connectivity index (χ0) is 28.0. The third kappa shape index (κ3) is 7.02. The second kappa shape index (κ2) is 12.0. The Morgan fingerprint density at radius 3 is 2.18 bits per heavy atom. The van der Waals surface area contributed by atoms with Gasteiger partial charge >= 0.3 is 24.1 Å². The zero-order valence-corrected chi connectivity index (χ0v) is 22.2. The normalized spacial score (nSPS) is 19.3. The van der Waals surface area contributed by atoms with Gasteiger partial charge < -0.3 is 24.2 Å². The monoisotopic (exact) mass is 526 g/mol. The lowest BCUT2D eigenvalue weighted by Crippen LogP contribution is -2.52. The number of likely N-dealkylation sites (tertiary alicyclic amines) is 1. The first kappa shape index (κ1) is 28.5. The average molecular weight is 527 g/mol. The van der Waals surface area contributed by atoms with Gasteiger partial charge in [0.2, 0.25) is 0 Å². The SMILES string of the molecule is COC(=O)[C@@H]1[C@@H](C(=O)O)CN(C(=O)OCc2ccccc2)C[C@H]1c1ccc(N(C)C(=O)OC(C)(C)C)cc1. The number of carboxylic acids is 1. The Labute approximate surface area is 222 Å². The third-order valence-corrected chi connectivity index (χ3v) is 6.33. The Morgan fingerprint density at radius 2 is 1.63 bits per heavy atom. The van der Waals surface area contributed by atoms with Gasteiger partial charge in [0.05, 0.1) is 18.9 Å². The van der Waals surface area contributed by atoms with Crippen LogP contribution in [0.25, 0.3) is 0 Å². The maximum atomic E-state index is 12.9. The molecule has 204 valence electrons. The first-order valence-electron chi connectivity index (χ1n) is 12.2. The van der Waals surface area contributed by atoms with Gasteiger partial charge in [-0.25, -0.2) is 9.59 Å². The maximum Gasteiger partial charge on any atom is 0.414 e. The summed E-state index contributed by atoms with van der Waals surface area (Å²) in [6.07, 6.45) is -1.21. The Morgan fingerprint density at radius 1 is 1.00 bits per heavy atom. The smallest absolute Gasteiger partial charge is 0.414 e. The maximum absolute atomic E-state index is 12.9. The molecule has 1 fully saturated rings. The number of carbonyl (C=O) groups is 4. The van der Waals surface area contributed by atoms with Crippen LogP contribution in [0.3, 0.4) is 0 Å². The number of hydrogen-bond acceptors (Lipinski definition) is 7. The van der Waals surface area contributed by atoms with E-state index in [0.717, 1.165) is 5.56 Å². The van der Waals surface area contributed by atoms with E-state index >= 15 is 0 Å². The van der Waals surface area contributed by atoms with Crippen molar-refractivity contribution in [3.05, 3.63) is 65.7 Å². The van der Waals surface area contributed by atoms with Gasteiger partial charge in [-0.1, -0.05) is 42.5 Å². The minimum atomic E-state index is -1.22. The summed E-state index contributed by atoms with van der Waals surface area (Å²) in [4.78, 5) is 53.0. The fourth-order valence-corrected chi connectivity index (χ4v) is 4.41. The van der Waals surface area contributed by atoms with Crippen LogP contribution in [0, 0.1) is 11.8 Å². The van der Waals surface area contributed by atoms with Crippen molar-refractivity contribution in [3.63, 3.8) is 0 Å². The quantitative estimate of drug-likeness (QED) is 0.437. The average Bonchev–Trinajstić information content (AvgIpc) is 2.89. The van der Waals surface area contributed by atoms with E-state index in [2.05, 4.69) is 0 Å². The zero-order valence-electron chi connectivity index (χ0n) is 22.2. The van der Waals surface area contributed by atoms with E-state index in [0.29, 0.717) is 11.3 Å². The molecule has 10 heteroatoms. The summed E-state index contributed by atoms with van der Waals surface area (Å²) in [7, 11) is 2.78. The van der Waals surface area contributed by atoms with E-state index in [9.17, 15) is 24.3 Å². The topological polar surface area (TPSA) is 123 Å². The molecule has 0 aliphatic carbocycles. The minimum absolute atomic E-state index is 0.0324. The van der Waals surface area contributed by atoms with Gasteiger partial charge in [-0.15, -0.1) is 0 Å². The summed E-state index contributed by atoms with van der Waals surface area (Å²) in [6, 6.07) is 15.9. The Hall–Kier alpha value is -4.08. The van der Waals surface area contributed by atoms with E-state index < -0.39 is 47.5 Å². The first-order valence-corrected chi connectivity index (χ1v) is 12.2. The number of ether oxygens (including phenoxy) is 3. The van der Waals surface area contributed by atoms with Gasteiger partial charge in [-0.3, -0.25) is 14.5 Å². The third-order valence-electron chi connectivity index (χ3n) is 6.33. The molecule has 0 radical (unpaired) electrons. The highest BCUT2D eigenvalue weighted by molar-refractivity contribution is 5.87. The van der Waals surface area contributed by atoms with Gasteiger partial charge in [0, 0.05) is 31.7 Å². The van der Waals surface area contributed by atoms with Crippen LogP contribution in [0.15, 0.2) is 54.6 Å². The lowest BCUT2D eigenvalue weighted by Gasteiger charge is -2.40. The van der Waals surface area contributed by atoms with Crippen LogP contribution < -0.4 is 4.90 Å². The van der Waals surface area contributed by atoms with Crippen molar-refractivity contribution in [1.29, 1.82) is 0 Å². The molecular weight excluding hydrogens is 492 g/mol. The largest absolute Gasteiger partial charge is 0.481 e. The Kier molecular flexibility index (Phi) is 8.98. The second-order valence-electron chi connectivity index (χ2n) is 10.2. The molecule has 1 heterocycles. The van der Waals surface area contributed by atoms with Gasteiger partial charge in [-0.05, 0) is 44.0 Å². The Balaban J connectivity index is 1.85. The molecule has 0 spiro atoms. The number of benzene rings is 2. The van der Waals surface area contributed by atoms with Crippen LogP contribution >= 0.6 is 0 Å². The van der Waals surface area contributed by atoms with Crippen LogP contribution in [0.1, 0.15) is 37.8 Å². The standard InChI is InChI=1S/C28H34N2O8/c1-28(2,3)38-26(34)29(4)20-13-11-19(12-14-20)21-15-30(16-22(24(31)32)23(21)25(33)36-5)27(35)37-17-18-9-7-6-8-10-18/h6-14,21-23H,15-17H2,1-5H3,(H,31,32)/t21-,22-,23-/m0/s1. The molecule has 2 aromatic rings. The number of carbonyl (C=O) groups excluding carboxylic acids is 3. The summed E-state index contributed by atoms with van der Waals surface area (Å²) in [6.45, 7) is 5.20. The van der Waals surface area contributed by atoms with E-state index in [-0.39, 0.29) is 19.7 Å². The van der Waals surface area contributed by atoms with Crippen molar-refractivity contribution in [2.24, 2.45) is 11.8 Å². The van der Waals surface area contributed by atoms with Crippen LogP contribution in [-0.2, 0) is 30.4 Å². The molecule has 0 saturated carbocycles. The highest BCUT2D eigenvalue weighted by atomic mass is 16.6. The highest BCUT2D eigenvalue weighted by Crippen LogP contribution is 2.38. The van der Waals surface area contributed by atoms with Crippen LogP contribution in [0.2, 0.25) is 0 Å². The van der Waals surface area contributed by atoms with Crippen molar-refractivity contribution >= 4 is 29.8 Å².